The van der Waals surface area contributed by atoms with E-state index in [0.29, 0.717) is 19.4 Å². The van der Waals surface area contributed by atoms with E-state index in [9.17, 15) is 9.59 Å². The molecule has 3 N–H and O–H groups in total. The van der Waals surface area contributed by atoms with Crippen LogP contribution in [0.25, 0.3) is 0 Å². The number of aromatic nitrogens is 1. The van der Waals surface area contributed by atoms with Crippen molar-refractivity contribution in [2.24, 2.45) is 5.92 Å². The van der Waals surface area contributed by atoms with E-state index < -0.39 is 5.97 Å². The molecule has 1 aliphatic rings. The number of carboxylic acids is 1. The molecule has 0 bridgehead atoms. The Labute approximate surface area is 140 Å². The van der Waals surface area contributed by atoms with Crippen molar-refractivity contribution in [3.63, 3.8) is 0 Å². The van der Waals surface area contributed by atoms with E-state index in [1.807, 2.05) is 6.92 Å². The number of unbranched alkanes of at least 4 members (excludes halogenated alkanes) is 1. The maximum absolute atomic E-state index is 11.8. The van der Waals surface area contributed by atoms with Crippen LogP contribution < -0.4 is 10.6 Å². The minimum absolute atomic E-state index is 0.101. The third-order valence-electron chi connectivity index (χ3n) is 4.18. The third-order valence-corrected chi connectivity index (χ3v) is 5.21. The second-order valence-corrected chi connectivity index (χ2v) is 7.07. The molecule has 128 valence electrons. The molecule has 23 heavy (non-hydrogen) atoms. The number of thiazole rings is 1. The van der Waals surface area contributed by atoms with Crippen LogP contribution in [0.2, 0.25) is 0 Å². The predicted octanol–water partition coefficient (Wildman–Crippen LogP) is 2.72. The van der Waals surface area contributed by atoms with Gasteiger partial charge in [0.1, 0.15) is 0 Å². The monoisotopic (exact) mass is 339 g/mol. The maximum Gasteiger partial charge on any atom is 0.315 e. The Balaban J connectivity index is 1.53. The molecule has 1 aliphatic carbocycles. The normalized spacial score (nSPS) is 20.9. The van der Waals surface area contributed by atoms with E-state index in [4.69, 9.17) is 5.11 Å². The first-order valence-electron chi connectivity index (χ1n) is 8.23. The van der Waals surface area contributed by atoms with Crippen LogP contribution in [-0.4, -0.2) is 34.7 Å². The van der Waals surface area contributed by atoms with Crippen LogP contribution in [0.4, 0.5) is 4.79 Å². The number of aliphatic carboxylic acids is 1. The zero-order chi connectivity index (χ0) is 16.7. The molecular weight excluding hydrogens is 314 g/mol. The van der Waals surface area contributed by atoms with Crippen molar-refractivity contribution >= 4 is 23.3 Å². The quantitative estimate of drug-likeness (QED) is 0.666. The van der Waals surface area contributed by atoms with Gasteiger partial charge in [0.05, 0.1) is 10.9 Å². The van der Waals surface area contributed by atoms with Crippen LogP contribution in [0.15, 0.2) is 5.38 Å². The van der Waals surface area contributed by atoms with Crippen molar-refractivity contribution in [2.75, 3.05) is 6.54 Å². The summed E-state index contributed by atoms with van der Waals surface area (Å²) in [7, 11) is 0. The predicted molar refractivity (Wildman–Crippen MR) is 89.7 cm³/mol. The van der Waals surface area contributed by atoms with Crippen molar-refractivity contribution in [3.8, 4) is 0 Å². The number of rotatable bonds is 7. The first kappa shape index (κ1) is 17.7. The van der Waals surface area contributed by atoms with E-state index in [0.717, 1.165) is 42.8 Å². The van der Waals surface area contributed by atoms with Crippen LogP contribution in [0.1, 0.15) is 49.2 Å². The molecule has 0 saturated heterocycles. The van der Waals surface area contributed by atoms with Crippen LogP contribution in [-0.2, 0) is 11.2 Å². The number of nitrogens with one attached hydrogen (secondary N) is 2. The first-order valence-corrected chi connectivity index (χ1v) is 9.10. The number of carbonyl (C=O) groups excluding carboxylic acids is 1. The highest BCUT2D eigenvalue weighted by atomic mass is 32.1. The maximum atomic E-state index is 11.8. The second kappa shape index (κ2) is 8.86. The molecule has 1 fully saturated rings. The number of carboxylic acid groups (broad SMARTS) is 1. The molecule has 1 aromatic heterocycles. The first-order chi connectivity index (χ1) is 11.0. The highest BCUT2D eigenvalue weighted by Gasteiger charge is 2.26. The summed E-state index contributed by atoms with van der Waals surface area (Å²) in [4.78, 5) is 27.1. The summed E-state index contributed by atoms with van der Waals surface area (Å²) in [5.74, 6) is -0.964. The third kappa shape index (κ3) is 6.17. The largest absolute Gasteiger partial charge is 0.481 e. The molecule has 0 aliphatic heterocycles. The molecule has 0 spiro atoms. The molecule has 1 heterocycles. The highest BCUT2D eigenvalue weighted by Crippen LogP contribution is 2.24. The van der Waals surface area contributed by atoms with Gasteiger partial charge < -0.3 is 15.7 Å². The minimum Gasteiger partial charge on any atom is -0.481 e. The summed E-state index contributed by atoms with van der Waals surface area (Å²) in [5, 5.41) is 18.0. The molecule has 6 nitrogen and oxygen atoms in total. The summed E-state index contributed by atoms with van der Waals surface area (Å²) in [6, 6.07) is -0.0437. The van der Waals surface area contributed by atoms with E-state index in [2.05, 4.69) is 21.0 Å². The number of nitrogens with zero attached hydrogens (tertiary/aromatic N) is 1. The van der Waals surface area contributed by atoms with Gasteiger partial charge in [-0.1, -0.05) is 0 Å². The molecule has 0 aromatic carbocycles. The number of amides is 2. The van der Waals surface area contributed by atoms with Crippen molar-refractivity contribution in [2.45, 2.75) is 57.9 Å². The average molecular weight is 339 g/mol. The topological polar surface area (TPSA) is 91.3 Å². The van der Waals surface area contributed by atoms with Gasteiger partial charge in [0.25, 0.3) is 0 Å². The summed E-state index contributed by atoms with van der Waals surface area (Å²) >= 11 is 1.69. The van der Waals surface area contributed by atoms with Gasteiger partial charge in [-0.15, -0.1) is 11.3 Å². The lowest BCUT2D eigenvalue weighted by molar-refractivity contribution is -0.142. The smallest absolute Gasteiger partial charge is 0.315 e. The lowest BCUT2D eigenvalue weighted by Crippen LogP contribution is -2.44. The molecule has 7 heteroatoms. The fourth-order valence-electron chi connectivity index (χ4n) is 2.84. The number of carbonyl (C=O) groups is 2. The Morgan fingerprint density at radius 2 is 2.04 bits per heavy atom. The SMILES string of the molecule is Cc1csc(CCCCNC(=O)NC2CCC(C(=O)O)CC2)n1. The average Bonchev–Trinajstić information content (AvgIpc) is 2.93. The van der Waals surface area contributed by atoms with Crippen molar-refractivity contribution in [3.05, 3.63) is 16.1 Å². The number of hydrogen-bond donors (Lipinski definition) is 3. The van der Waals surface area contributed by atoms with Gasteiger partial charge in [-0.25, -0.2) is 9.78 Å². The van der Waals surface area contributed by atoms with E-state index in [-0.39, 0.29) is 18.0 Å². The van der Waals surface area contributed by atoms with E-state index >= 15 is 0 Å². The highest BCUT2D eigenvalue weighted by molar-refractivity contribution is 7.09. The summed E-state index contributed by atoms with van der Waals surface area (Å²) in [6.07, 6.45) is 5.68. The Bertz CT molecular complexity index is 524. The fraction of sp³-hybridized carbons (Fsp3) is 0.688. The molecule has 2 rings (SSSR count). The second-order valence-electron chi connectivity index (χ2n) is 6.13. The number of aryl methyl sites for hydroxylation is 2. The zero-order valence-corrected chi connectivity index (χ0v) is 14.3. The Morgan fingerprint density at radius 1 is 1.30 bits per heavy atom. The summed E-state index contributed by atoms with van der Waals surface area (Å²) < 4.78 is 0. The lowest BCUT2D eigenvalue weighted by atomic mass is 9.86. The van der Waals surface area contributed by atoms with Gasteiger partial charge in [0, 0.05) is 23.7 Å². The van der Waals surface area contributed by atoms with Crippen molar-refractivity contribution in [1.82, 2.24) is 15.6 Å². The van der Waals surface area contributed by atoms with Gasteiger partial charge in [0.15, 0.2) is 0 Å². The Hall–Kier alpha value is -1.63. The zero-order valence-electron chi connectivity index (χ0n) is 13.5. The molecular formula is C16H25N3O3S. The van der Waals surface area contributed by atoms with Crippen LogP contribution >= 0.6 is 11.3 Å². The van der Waals surface area contributed by atoms with Crippen molar-refractivity contribution in [1.29, 1.82) is 0 Å². The van der Waals surface area contributed by atoms with Gasteiger partial charge in [0.2, 0.25) is 0 Å². The molecule has 0 unspecified atom stereocenters. The Kier molecular flexibility index (Phi) is 6.83. The molecule has 0 radical (unpaired) electrons. The molecule has 1 aromatic rings. The molecule has 1 saturated carbocycles. The van der Waals surface area contributed by atoms with Gasteiger partial charge >= 0.3 is 12.0 Å². The summed E-state index contributed by atoms with van der Waals surface area (Å²) in [5.41, 5.74) is 1.07. The molecule has 2 amide bonds. The van der Waals surface area contributed by atoms with E-state index in [1.54, 1.807) is 11.3 Å². The number of urea groups is 1. The lowest BCUT2D eigenvalue weighted by Gasteiger charge is -2.26. The minimum atomic E-state index is -0.719. The van der Waals surface area contributed by atoms with Crippen LogP contribution in [0.5, 0.6) is 0 Å². The van der Waals surface area contributed by atoms with Crippen LogP contribution in [0.3, 0.4) is 0 Å². The Morgan fingerprint density at radius 3 is 2.65 bits per heavy atom. The molecule has 0 atom stereocenters. The fourth-order valence-corrected chi connectivity index (χ4v) is 3.66. The van der Waals surface area contributed by atoms with Crippen LogP contribution in [0, 0.1) is 12.8 Å². The van der Waals surface area contributed by atoms with Gasteiger partial charge in [-0.3, -0.25) is 4.79 Å². The van der Waals surface area contributed by atoms with Gasteiger partial charge in [-0.2, -0.15) is 0 Å². The van der Waals surface area contributed by atoms with Crippen molar-refractivity contribution < 1.29 is 14.7 Å². The van der Waals surface area contributed by atoms with Gasteiger partial charge in [-0.05, 0) is 51.9 Å². The number of hydrogen-bond acceptors (Lipinski definition) is 4. The summed E-state index contributed by atoms with van der Waals surface area (Å²) in [6.45, 7) is 2.65. The standard InChI is InChI=1S/C16H25N3O3S/c1-11-10-23-14(18-11)4-2-3-9-17-16(22)19-13-7-5-12(6-8-13)15(20)21/h10,12-13H,2-9H2,1H3,(H,20,21)(H2,17,19,22). The van der Waals surface area contributed by atoms with E-state index in [1.165, 1.54) is 0 Å².